The van der Waals surface area contributed by atoms with Crippen molar-refractivity contribution in [3.05, 3.63) is 71.9 Å². The number of nitrogens with zero attached hydrogens (tertiary/aromatic N) is 1. The summed E-state index contributed by atoms with van der Waals surface area (Å²) in [7, 11) is 0. The number of rotatable bonds is 4. The topological polar surface area (TPSA) is 36.1 Å². The Morgan fingerprint density at radius 3 is 2.68 bits per heavy atom. The van der Waals surface area contributed by atoms with Gasteiger partial charge in [0.1, 0.15) is 0 Å². The molecule has 0 saturated carbocycles. The molecular formula is C22H24N2O. The minimum Gasteiger partial charge on any atom is -0.357 e. The second-order valence-electron chi connectivity index (χ2n) is 6.90. The van der Waals surface area contributed by atoms with Gasteiger partial charge in [0.25, 0.3) is 0 Å². The highest BCUT2D eigenvalue weighted by Gasteiger charge is 2.28. The highest BCUT2D eigenvalue weighted by Crippen LogP contribution is 2.32. The fourth-order valence-electron chi connectivity index (χ4n) is 3.87. The molecule has 2 aromatic carbocycles. The monoisotopic (exact) mass is 332 g/mol. The molecule has 2 heterocycles. The van der Waals surface area contributed by atoms with Gasteiger partial charge in [-0.05, 0) is 48.8 Å². The molecule has 3 aromatic rings. The van der Waals surface area contributed by atoms with Crippen LogP contribution >= 0.6 is 0 Å². The van der Waals surface area contributed by atoms with Gasteiger partial charge in [-0.15, -0.1) is 0 Å². The number of fused-ring (bicyclic) bond motifs is 1. The largest absolute Gasteiger partial charge is 0.357 e. The van der Waals surface area contributed by atoms with Crippen molar-refractivity contribution < 1.29 is 4.79 Å². The molecule has 1 N–H and O–H groups in total. The first-order valence-corrected chi connectivity index (χ1v) is 9.22. The predicted octanol–water partition coefficient (Wildman–Crippen LogP) is 4.85. The summed E-state index contributed by atoms with van der Waals surface area (Å²) < 4.78 is 0. The van der Waals surface area contributed by atoms with Crippen molar-refractivity contribution >= 4 is 16.8 Å². The van der Waals surface area contributed by atoms with E-state index in [0.717, 1.165) is 31.3 Å². The Kier molecular flexibility index (Phi) is 4.55. The molecule has 0 bridgehead atoms. The third-order valence-corrected chi connectivity index (χ3v) is 5.20. The van der Waals surface area contributed by atoms with Crippen LogP contribution in [0.5, 0.6) is 0 Å². The van der Waals surface area contributed by atoms with Gasteiger partial charge in [0.05, 0.1) is 6.04 Å². The summed E-state index contributed by atoms with van der Waals surface area (Å²) in [6.45, 7) is 0.869. The van der Waals surface area contributed by atoms with Crippen LogP contribution in [0.1, 0.15) is 43.0 Å². The van der Waals surface area contributed by atoms with E-state index in [1.165, 1.54) is 23.1 Å². The van der Waals surface area contributed by atoms with Crippen LogP contribution in [-0.2, 0) is 11.2 Å². The summed E-state index contributed by atoms with van der Waals surface area (Å²) in [5.74, 6) is 0.271. The third kappa shape index (κ3) is 3.46. The van der Waals surface area contributed by atoms with Gasteiger partial charge >= 0.3 is 0 Å². The number of hydrogen-bond donors (Lipinski definition) is 1. The Bertz CT molecular complexity index is 820. The molecule has 128 valence electrons. The molecule has 1 saturated heterocycles. The Morgan fingerprint density at radius 1 is 1.04 bits per heavy atom. The molecular weight excluding hydrogens is 308 g/mol. The van der Waals surface area contributed by atoms with E-state index < -0.39 is 0 Å². The number of amides is 1. The van der Waals surface area contributed by atoms with Crippen molar-refractivity contribution in [2.75, 3.05) is 6.54 Å². The van der Waals surface area contributed by atoms with Crippen molar-refractivity contribution in [3.63, 3.8) is 0 Å². The van der Waals surface area contributed by atoms with Gasteiger partial charge in [-0.2, -0.15) is 0 Å². The molecule has 1 aliphatic heterocycles. The fourth-order valence-corrected chi connectivity index (χ4v) is 3.87. The average molecular weight is 332 g/mol. The molecule has 0 spiro atoms. The van der Waals surface area contributed by atoms with E-state index in [1.807, 2.05) is 24.3 Å². The van der Waals surface area contributed by atoms with Gasteiger partial charge in [0, 0.05) is 24.2 Å². The number of piperidine rings is 1. The van der Waals surface area contributed by atoms with Crippen LogP contribution in [0.25, 0.3) is 10.9 Å². The smallest absolute Gasteiger partial charge is 0.223 e. The van der Waals surface area contributed by atoms with Gasteiger partial charge in [-0.3, -0.25) is 4.79 Å². The van der Waals surface area contributed by atoms with E-state index in [2.05, 4.69) is 46.3 Å². The maximum Gasteiger partial charge on any atom is 0.223 e. The van der Waals surface area contributed by atoms with Gasteiger partial charge in [0.2, 0.25) is 5.91 Å². The van der Waals surface area contributed by atoms with Crippen LogP contribution in [0.4, 0.5) is 0 Å². The number of aromatic nitrogens is 1. The Balaban J connectivity index is 1.51. The number of H-pyrrole nitrogens is 1. The lowest BCUT2D eigenvalue weighted by atomic mass is 9.98. The summed E-state index contributed by atoms with van der Waals surface area (Å²) in [6, 6.07) is 21.0. The number of carbonyl (C=O) groups is 1. The second kappa shape index (κ2) is 7.14. The summed E-state index contributed by atoms with van der Waals surface area (Å²) in [5, 5.41) is 1.22. The molecule has 1 aliphatic rings. The minimum absolute atomic E-state index is 0.185. The van der Waals surface area contributed by atoms with Crippen LogP contribution in [0.15, 0.2) is 60.7 Å². The van der Waals surface area contributed by atoms with E-state index >= 15 is 0 Å². The number of para-hydroxylation sites is 1. The molecule has 0 unspecified atom stereocenters. The maximum atomic E-state index is 12.9. The van der Waals surface area contributed by atoms with E-state index in [0.29, 0.717) is 6.42 Å². The van der Waals surface area contributed by atoms with Gasteiger partial charge in [-0.25, -0.2) is 0 Å². The third-order valence-electron chi connectivity index (χ3n) is 5.20. The molecule has 1 fully saturated rings. The average Bonchev–Trinajstić information content (AvgIpc) is 3.11. The standard InChI is InChI=1S/C22H24N2O/c25-22(14-13-17-8-2-1-3-9-17)24-15-7-6-12-21(24)20-16-18-10-4-5-11-19(18)23-20/h1-5,8-11,16,21,23H,6-7,12-15H2/t21-/m0/s1. The molecule has 4 rings (SSSR count). The first kappa shape index (κ1) is 15.9. The van der Waals surface area contributed by atoms with E-state index in [4.69, 9.17) is 0 Å². The lowest BCUT2D eigenvalue weighted by Gasteiger charge is -2.35. The zero-order valence-corrected chi connectivity index (χ0v) is 14.4. The molecule has 0 radical (unpaired) electrons. The summed E-state index contributed by atoms with van der Waals surface area (Å²) >= 11 is 0. The molecule has 3 nitrogen and oxygen atoms in total. The summed E-state index contributed by atoms with van der Waals surface area (Å²) in [5.41, 5.74) is 3.56. The Morgan fingerprint density at radius 2 is 1.84 bits per heavy atom. The van der Waals surface area contributed by atoms with Crippen LogP contribution in [0.2, 0.25) is 0 Å². The normalized spacial score (nSPS) is 17.8. The van der Waals surface area contributed by atoms with E-state index in [-0.39, 0.29) is 11.9 Å². The van der Waals surface area contributed by atoms with Crippen molar-refractivity contribution in [1.82, 2.24) is 9.88 Å². The number of nitrogens with one attached hydrogen (secondary N) is 1. The first-order valence-electron chi connectivity index (χ1n) is 9.22. The Hall–Kier alpha value is -2.55. The number of carbonyl (C=O) groups excluding carboxylic acids is 1. The predicted molar refractivity (Wildman–Crippen MR) is 101 cm³/mol. The maximum absolute atomic E-state index is 12.9. The first-order chi connectivity index (χ1) is 12.3. The molecule has 1 aromatic heterocycles. The van der Waals surface area contributed by atoms with Gasteiger partial charge < -0.3 is 9.88 Å². The van der Waals surface area contributed by atoms with Crippen molar-refractivity contribution in [1.29, 1.82) is 0 Å². The summed E-state index contributed by atoms with van der Waals surface area (Å²) in [4.78, 5) is 18.5. The number of likely N-dealkylation sites (tertiary alicyclic amines) is 1. The molecule has 25 heavy (non-hydrogen) atoms. The molecule has 0 aliphatic carbocycles. The number of benzene rings is 2. The summed E-state index contributed by atoms with van der Waals surface area (Å²) in [6.07, 6.45) is 4.73. The zero-order chi connectivity index (χ0) is 17.1. The van der Waals surface area contributed by atoms with E-state index in [9.17, 15) is 4.79 Å². The molecule has 3 heteroatoms. The van der Waals surface area contributed by atoms with Crippen molar-refractivity contribution in [3.8, 4) is 0 Å². The number of hydrogen-bond acceptors (Lipinski definition) is 1. The molecule has 1 amide bonds. The van der Waals surface area contributed by atoms with Crippen molar-refractivity contribution in [2.24, 2.45) is 0 Å². The molecule has 1 atom stereocenters. The van der Waals surface area contributed by atoms with Crippen LogP contribution < -0.4 is 0 Å². The highest BCUT2D eigenvalue weighted by atomic mass is 16.2. The lowest BCUT2D eigenvalue weighted by molar-refractivity contribution is -0.135. The van der Waals surface area contributed by atoms with Gasteiger partial charge in [0.15, 0.2) is 0 Å². The quantitative estimate of drug-likeness (QED) is 0.728. The van der Waals surface area contributed by atoms with Gasteiger partial charge in [-0.1, -0.05) is 48.5 Å². The SMILES string of the molecule is O=C(CCc1ccccc1)N1CCCC[C@H]1c1cc2ccccc2[nH]1. The Labute approximate surface area is 148 Å². The zero-order valence-electron chi connectivity index (χ0n) is 14.4. The van der Waals surface area contributed by atoms with Crippen LogP contribution in [0, 0.1) is 0 Å². The lowest BCUT2D eigenvalue weighted by Crippen LogP contribution is -2.38. The number of aromatic amines is 1. The second-order valence-corrected chi connectivity index (χ2v) is 6.90. The fraction of sp³-hybridized carbons (Fsp3) is 0.318. The van der Waals surface area contributed by atoms with Crippen molar-refractivity contribution in [2.45, 2.75) is 38.1 Å². The minimum atomic E-state index is 0.185. The van der Waals surface area contributed by atoms with Crippen LogP contribution in [0.3, 0.4) is 0 Å². The number of aryl methyl sites for hydroxylation is 1. The highest BCUT2D eigenvalue weighted by molar-refractivity contribution is 5.81. The van der Waals surface area contributed by atoms with E-state index in [1.54, 1.807) is 0 Å². The van der Waals surface area contributed by atoms with Crippen LogP contribution in [-0.4, -0.2) is 22.3 Å².